The first kappa shape index (κ1) is 12.7. The molecule has 6 heteroatoms. The minimum Gasteiger partial charge on any atom is -0.398 e. The second kappa shape index (κ2) is 4.86. The molecule has 0 saturated heterocycles. The Morgan fingerprint density at radius 2 is 2.11 bits per heavy atom. The van der Waals surface area contributed by atoms with Gasteiger partial charge in [-0.15, -0.1) is 0 Å². The molecular weight excluding hydrogens is 254 g/mol. The largest absolute Gasteiger partial charge is 0.398 e. The summed E-state index contributed by atoms with van der Waals surface area (Å²) in [5.41, 5.74) is 8.51. The lowest BCUT2D eigenvalue weighted by Gasteiger charge is -2.23. The van der Waals surface area contributed by atoms with Gasteiger partial charge in [-0.1, -0.05) is 11.6 Å². The first-order valence-electron chi connectivity index (χ1n) is 5.56. The summed E-state index contributed by atoms with van der Waals surface area (Å²) in [4.78, 5) is 23.3. The molecule has 1 aromatic carbocycles. The Kier molecular flexibility index (Phi) is 3.43. The molecule has 2 rings (SSSR count). The van der Waals surface area contributed by atoms with Crippen LogP contribution in [0.2, 0.25) is 5.02 Å². The molecule has 0 aromatic heterocycles. The first-order chi connectivity index (χ1) is 8.52. The maximum atomic E-state index is 11.5. The van der Waals surface area contributed by atoms with Gasteiger partial charge in [-0.25, -0.2) is 4.79 Å². The van der Waals surface area contributed by atoms with Crippen molar-refractivity contribution in [2.75, 3.05) is 12.8 Å². The summed E-state index contributed by atoms with van der Waals surface area (Å²) >= 11 is 5.97. The molecule has 1 atom stereocenters. The molecule has 0 bridgehead atoms. The van der Waals surface area contributed by atoms with Gasteiger partial charge in [0.05, 0.1) is 10.7 Å². The number of nitrogens with zero attached hydrogens (tertiary/aromatic N) is 1. The van der Waals surface area contributed by atoms with Crippen LogP contribution in [-0.4, -0.2) is 30.4 Å². The molecule has 0 fully saturated rings. The van der Waals surface area contributed by atoms with Crippen LogP contribution in [0.1, 0.15) is 11.1 Å². The Morgan fingerprint density at radius 3 is 2.72 bits per heavy atom. The number of benzene rings is 1. The van der Waals surface area contributed by atoms with Gasteiger partial charge in [0.2, 0.25) is 6.41 Å². The van der Waals surface area contributed by atoms with E-state index in [-0.39, 0.29) is 6.04 Å². The lowest BCUT2D eigenvalue weighted by molar-refractivity contribution is -0.108. The lowest BCUT2D eigenvalue weighted by atomic mass is 10.1. The number of carbonyl (C=O) groups excluding carboxylic acids is 2. The highest BCUT2D eigenvalue weighted by Gasteiger charge is 2.28. The minimum absolute atomic E-state index is 0.0258. The third-order valence-electron chi connectivity index (χ3n) is 3.28. The highest BCUT2D eigenvalue weighted by molar-refractivity contribution is 6.33. The lowest BCUT2D eigenvalue weighted by Crippen LogP contribution is -2.43. The molecule has 0 aliphatic heterocycles. The number of nitrogen functional groups attached to an aromatic ring is 1. The third kappa shape index (κ3) is 2.26. The first-order valence-corrected chi connectivity index (χ1v) is 5.94. The van der Waals surface area contributed by atoms with Crippen molar-refractivity contribution in [3.63, 3.8) is 0 Å². The number of amides is 3. The molecule has 0 saturated carbocycles. The van der Waals surface area contributed by atoms with Gasteiger partial charge in [0.1, 0.15) is 0 Å². The normalized spacial score (nSPS) is 17.1. The fourth-order valence-electron chi connectivity index (χ4n) is 2.23. The average Bonchev–Trinajstić information content (AvgIpc) is 2.72. The van der Waals surface area contributed by atoms with Crippen LogP contribution in [0.25, 0.3) is 0 Å². The minimum atomic E-state index is -0.401. The Balaban J connectivity index is 2.14. The Morgan fingerprint density at radius 1 is 1.50 bits per heavy atom. The maximum Gasteiger partial charge on any atom is 0.323 e. The summed E-state index contributed by atoms with van der Waals surface area (Å²) in [6.07, 6.45) is 1.83. The SMILES string of the molecule is CN(C(=O)NC=O)C1Cc2cc(N)c(Cl)cc2C1. The number of fused-ring (bicyclic) bond motifs is 1. The summed E-state index contributed by atoms with van der Waals surface area (Å²) < 4.78 is 0. The molecule has 96 valence electrons. The van der Waals surface area contributed by atoms with Gasteiger partial charge in [-0.2, -0.15) is 0 Å². The van der Waals surface area contributed by atoms with Gasteiger partial charge >= 0.3 is 6.03 Å². The van der Waals surface area contributed by atoms with E-state index in [9.17, 15) is 9.59 Å². The summed E-state index contributed by atoms with van der Waals surface area (Å²) in [5, 5.41) is 2.66. The Hall–Kier alpha value is -1.75. The fourth-order valence-corrected chi connectivity index (χ4v) is 2.42. The van der Waals surface area contributed by atoms with Crippen molar-refractivity contribution in [3.8, 4) is 0 Å². The van der Waals surface area contributed by atoms with Crippen LogP contribution in [0.3, 0.4) is 0 Å². The number of urea groups is 1. The van der Waals surface area contributed by atoms with Gasteiger partial charge in [0, 0.05) is 13.1 Å². The zero-order chi connectivity index (χ0) is 13.3. The topological polar surface area (TPSA) is 75.4 Å². The zero-order valence-electron chi connectivity index (χ0n) is 9.94. The molecule has 1 aliphatic carbocycles. The Labute approximate surface area is 110 Å². The van der Waals surface area contributed by atoms with Crippen LogP contribution in [0, 0.1) is 0 Å². The van der Waals surface area contributed by atoms with Crippen molar-refractivity contribution >= 4 is 29.7 Å². The van der Waals surface area contributed by atoms with Crippen molar-refractivity contribution in [2.45, 2.75) is 18.9 Å². The van der Waals surface area contributed by atoms with E-state index >= 15 is 0 Å². The smallest absolute Gasteiger partial charge is 0.323 e. The van der Waals surface area contributed by atoms with Gasteiger partial charge in [-0.3, -0.25) is 10.1 Å². The van der Waals surface area contributed by atoms with E-state index in [1.165, 1.54) is 4.90 Å². The number of imide groups is 1. The van der Waals surface area contributed by atoms with E-state index < -0.39 is 6.03 Å². The molecule has 5 nitrogen and oxygen atoms in total. The third-order valence-corrected chi connectivity index (χ3v) is 3.61. The molecule has 0 radical (unpaired) electrons. The van der Waals surface area contributed by atoms with Crippen molar-refractivity contribution in [1.82, 2.24) is 10.2 Å². The molecule has 18 heavy (non-hydrogen) atoms. The summed E-state index contributed by atoms with van der Waals surface area (Å²) in [5.74, 6) is 0. The number of rotatable bonds is 2. The number of hydrogen-bond donors (Lipinski definition) is 2. The van der Waals surface area contributed by atoms with Crippen LogP contribution in [0.4, 0.5) is 10.5 Å². The summed E-state index contributed by atoms with van der Waals surface area (Å²) in [7, 11) is 1.67. The molecule has 0 spiro atoms. The van der Waals surface area contributed by atoms with Gasteiger partial charge in [0.25, 0.3) is 0 Å². The van der Waals surface area contributed by atoms with Crippen molar-refractivity contribution in [1.29, 1.82) is 0 Å². The molecule has 3 N–H and O–H groups in total. The zero-order valence-corrected chi connectivity index (χ0v) is 10.7. The Bertz CT molecular complexity index is 473. The molecule has 0 heterocycles. The number of carbonyl (C=O) groups is 2. The number of anilines is 1. The predicted molar refractivity (Wildman–Crippen MR) is 69.4 cm³/mol. The molecule has 3 amide bonds. The average molecular weight is 268 g/mol. The fraction of sp³-hybridized carbons (Fsp3) is 0.333. The second-order valence-corrected chi connectivity index (χ2v) is 4.79. The number of nitrogens with two attached hydrogens (primary N) is 1. The molecular formula is C12H14ClN3O2. The van der Waals surface area contributed by atoms with E-state index in [1.807, 2.05) is 12.1 Å². The van der Waals surface area contributed by atoms with E-state index in [0.717, 1.165) is 24.0 Å². The number of likely N-dealkylation sites (N-methyl/N-ethyl adjacent to an activating group) is 1. The summed E-state index contributed by atoms with van der Waals surface area (Å²) in [6.45, 7) is 0. The van der Waals surface area contributed by atoms with Crippen molar-refractivity contribution < 1.29 is 9.59 Å². The highest BCUT2D eigenvalue weighted by atomic mass is 35.5. The van der Waals surface area contributed by atoms with Crippen molar-refractivity contribution in [3.05, 3.63) is 28.3 Å². The van der Waals surface area contributed by atoms with Crippen LogP contribution < -0.4 is 11.1 Å². The van der Waals surface area contributed by atoms with E-state index in [4.69, 9.17) is 17.3 Å². The molecule has 1 aromatic rings. The molecule has 1 unspecified atom stereocenters. The predicted octanol–water partition coefficient (Wildman–Crippen LogP) is 1.19. The second-order valence-electron chi connectivity index (χ2n) is 4.38. The maximum absolute atomic E-state index is 11.5. The number of hydrogen-bond acceptors (Lipinski definition) is 3. The van der Waals surface area contributed by atoms with Crippen LogP contribution in [0.15, 0.2) is 12.1 Å². The van der Waals surface area contributed by atoms with Gasteiger partial charge < -0.3 is 10.6 Å². The number of halogens is 1. The quantitative estimate of drug-likeness (QED) is 0.624. The molecule has 1 aliphatic rings. The highest BCUT2D eigenvalue weighted by Crippen LogP contribution is 2.31. The van der Waals surface area contributed by atoms with E-state index in [2.05, 4.69) is 5.32 Å². The van der Waals surface area contributed by atoms with Crippen LogP contribution in [-0.2, 0) is 17.6 Å². The van der Waals surface area contributed by atoms with E-state index in [1.54, 1.807) is 7.05 Å². The van der Waals surface area contributed by atoms with Crippen molar-refractivity contribution in [2.24, 2.45) is 0 Å². The summed E-state index contributed by atoms with van der Waals surface area (Å²) in [6, 6.07) is 3.32. The monoisotopic (exact) mass is 267 g/mol. The van der Waals surface area contributed by atoms with Gasteiger partial charge in [-0.05, 0) is 36.1 Å². The number of nitrogens with one attached hydrogen (secondary N) is 1. The van der Waals surface area contributed by atoms with Crippen LogP contribution >= 0.6 is 11.6 Å². The van der Waals surface area contributed by atoms with E-state index in [0.29, 0.717) is 17.1 Å². The van der Waals surface area contributed by atoms with Gasteiger partial charge in [0.15, 0.2) is 0 Å². The van der Waals surface area contributed by atoms with Crippen LogP contribution in [0.5, 0.6) is 0 Å². The standard InChI is InChI=1S/C12H14ClN3O2/c1-16(12(18)15-6-17)9-2-7-4-10(13)11(14)5-8(7)3-9/h4-6,9H,2-3,14H2,1H3,(H,15,17,18).